The third kappa shape index (κ3) is 1.69. The Morgan fingerprint density at radius 1 is 1.06 bits per heavy atom. The van der Waals surface area contributed by atoms with Crippen LogP contribution in [-0.4, -0.2) is 12.1 Å². The highest BCUT2D eigenvalue weighted by Crippen LogP contribution is 2.39. The van der Waals surface area contributed by atoms with E-state index in [9.17, 15) is 0 Å². The Hall–Kier alpha value is -1.51. The molecule has 1 aromatic heterocycles. The van der Waals surface area contributed by atoms with Crippen molar-refractivity contribution in [1.29, 1.82) is 0 Å². The maximum atomic E-state index is 6.14. The van der Waals surface area contributed by atoms with Gasteiger partial charge in [-0.2, -0.15) is 0 Å². The van der Waals surface area contributed by atoms with Gasteiger partial charge in [0.25, 0.3) is 0 Å². The monoisotopic (exact) mass is 277 g/mol. The first-order valence-corrected chi connectivity index (χ1v) is 6.18. The zero-order valence-electron chi connectivity index (χ0n) is 9.58. The van der Waals surface area contributed by atoms with Crippen LogP contribution < -0.4 is 4.74 Å². The standard InChI is InChI=1S/C14H9Cl2NO/c1-18-14-9-6-8-4-2-3-5-11(8)17-12(9)7-10(15)13(14)16/h2-7H,1H3. The fraction of sp³-hybridized carbons (Fsp3) is 0.0714. The van der Waals surface area contributed by atoms with Gasteiger partial charge in [0.2, 0.25) is 0 Å². The molecule has 0 atom stereocenters. The van der Waals surface area contributed by atoms with E-state index >= 15 is 0 Å². The van der Waals surface area contributed by atoms with Crippen LogP contribution in [0.15, 0.2) is 36.4 Å². The van der Waals surface area contributed by atoms with Crippen molar-refractivity contribution in [3.05, 3.63) is 46.4 Å². The lowest BCUT2D eigenvalue weighted by molar-refractivity contribution is 0.420. The third-order valence-electron chi connectivity index (χ3n) is 2.87. The molecule has 90 valence electrons. The van der Waals surface area contributed by atoms with E-state index in [0.29, 0.717) is 15.8 Å². The Morgan fingerprint density at radius 3 is 2.61 bits per heavy atom. The van der Waals surface area contributed by atoms with Gasteiger partial charge in [-0.3, -0.25) is 0 Å². The molecule has 0 aliphatic carbocycles. The van der Waals surface area contributed by atoms with Crippen molar-refractivity contribution in [2.75, 3.05) is 7.11 Å². The highest BCUT2D eigenvalue weighted by molar-refractivity contribution is 6.44. The van der Waals surface area contributed by atoms with Crippen LogP contribution in [0.5, 0.6) is 5.75 Å². The highest BCUT2D eigenvalue weighted by atomic mass is 35.5. The van der Waals surface area contributed by atoms with Crippen molar-refractivity contribution in [1.82, 2.24) is 4.98 Å². The number of pyridine rings is 1. The number of hydrogen-bond acceptors (Lipinski definition) is 2. The van der Waals surface area contributed by atoms with Crippen LogP contribution in [0.2, 0.25) is 10.0 Å². The summed E-state index contributed by atoms with van der Waals surface area (Å²) in [4.78, 5) is 4.57. The van der Waals surface area contributed by atoms with Gasteiger partial charge in [0.15, 0.2) is 0 Å². The summed E-state index contributed by atoms with van der Waals surface area (Å²) >= 11 is 12.2. The first-order chi connectivity index (χ1) is 8.70. The number of rotatable bonds is 1. The van der Waals surface area contributed by atoms with Gasteiger partial charge in [0.1, 0.15) is 10.8 Å². The fourth-order valence-corrected chi connectivity index (χ4v) is 2.46. The van der Waals surface area contributed by atoms with E-state index in [1.165, 1.54) is 0 Å². The lowest BCUT2D eigenvalue weighted by Gasteiger charge is -2.10. The summed E-state index contributed by atoms with van der Waals surface area (Å²) in [5, 5.41) is 2.78. The van der Waals surface area contributed by atoms with Crippen molar-refractivity contribution >= 4 is 45.0 Å². The number of ether oxygens (including phenoxy) is 1. The average molecular weight is 278 g/mol. The second-order valence-electron chi connectivity index (χ2n) is 3.95. The van der Waals surface area contributed by atoms with Crippen LogP contribution in [0.3, 0.4) is 0 Å². The molecular formula is C14H9Cl2NO. The van der Waals surface area contributed by atoms with Crippen molar-refractivity contribution in [3.8, 4) is 5.75 Å². The van der Waals surface area contributed by atoms with E-state index in [0.717, 1.165) is 21.8 Å². The highest BCUT2D eigenvalue weighted by Gasteiger charge is 2.12. The molecule has 2 nitrogen and oxygen atoms in total. The Morgan fingerprint density at radius 2 is 1.83 bits per heavy atom. The SMILES string of the molecule is COc1c(Cl)c(Cl)cc2nc3ccccc3cc12. The Bertz CT molecular complexity index is 755. The van der Waals surface area contributed by atoms with Gasteiger partial charge in [-0.25, -0.2) is 4.98 Å². The molecular weight excluding hydrogens is 269 g/mol. The van der Waals surface area contributed by atoms with E-state index in [1.807, 2.05) is 30.3 Å². The van der Waals surface area contributed by atoms with Gasteiger partial charge < -0.3 is 4.74 Å². The minimum Gasteiger partial charge on any atom is -0.494 e. The summed E-state index contributed by atoms with van der Waals surface area (Å²) in [6.07, 6.45) is 0. The normalized spacial score (nSPS) is 11.1. The molecule has 0 saturated carbocycles. The summed E-state index contributed by atoms with van der Waals surface area (Å²) in [5.74, 6) is 0.567. The molecule has 0 aliphatic heterocycles. The van der Waals surface area contributed by atoms with Gasteiger partial charge >= 0.3 is 0 Å². The van der Waals surface area contributed by atoms with Crippen LogP contribution in [0.25, 0.3) is 21.8 Å². The number of fused-ring (bicyclic) bond motifs is 2. The topological polar surface area (TPSA) is 22.1 Å². The number of halogens is 2. The zero-order chi connectivity index (χ0) is 12.7. The summed E-state index contributed by atoms with van der Waals surface area (Å²) < 4.78 is 5.33. The van der Waals surface area contributed by atoms with Gasteiger partial charge in [0, 0.05) is 10.8 Å². The minimum absolute atomic E-state index is 0.420. The number of aromatic nitrogens is 1. The van der Waals surface area contributed by atoms with Crippen molar-refractivity contribution in [2.45, 2.75) is 0 Å². The molecule has 1 heterocycles. The number of hydrogen-bond donors (Lipinski definition) is 0. The van der Waals surface area contributed by atoms with Gasteiger partial charge in [-0.15, -0.1) is 0 Å². The minimum atomic E-state index is 0.420. The fourth-order valence-electron chi connectivity index (χ4n) is 2.03. The molecule has 0 N–H and O–H groups in total. The molecule has 2 aromatic carbocycles. The number of methoxy groups -OCH3 is 1. The lowest BCUT2D eigenvalue weighted by atomic mass is 10.1. The zero-order valence-corrected chi connectivity index (χ0v) is 11.1. The first-order valence-electron chi connectivity index (χ1n) is 5.42. The molecule has 3 aromatic rings. The summed E-state index contributed by atoms with van der Waals surface area (Å²) in [6.45, 7) is 0. The van der Waals surface area contributed by atoms with Crippen molar-refractivity contribution < 1.29 is 4.74 Å². The van der Waals surface area contributed by atoms with Crippen LogP contribution in [0.4, 0.5) is 0 Å². The molecule has 0 aliphatic rings. The molecule has 3 rings (SSSR count). The molecule has 0 radical (unpaired) electrons. The Kier molecular flexibility index (Phi) is 2.77. The molecule has 4 heteroatoms. The van der Waals surface area contributed by atoms with E-state index in [2.05, 4.69) is 4.98 Å². The number of para-hydroxylation sites is 1. The van der Waals surface area contributed by atoms with Crippen molar-refractivity contribution in [3.63, 3.8) is 0 Å². The van der Waals surface area contributed by atoms with Crippen LogP contribution in [0, 0.1) is 0 Å². The smallest absolute Gasteiger partial charge is 0.148 e. The molecule has 0 spiro atoms. The quantitative estimate of drug-likeness (QED) is 0.602. The predicted molar refractivity (Wildman–Crippen MR) is 75.8 cm³/mol. The molecule has 0 saturated heterocycles. The summed E-state index contributed by atoms with van der Waals surface area (Å²) in [6, 6.07) is 11.7. The van der Waals surface area contributed by atoms with E-state index in [4.69, 9.17) is 27.9 Å². The molecule has 0 unspecified atom stereocenters. The van der Waals surface area contributed by atoms with Gasteiger partial charge in [-0.05, 0) is 18.2 Å². The first kappa shape index (κ1) is 11.6. The summed E-state index contributed by atoms with van der Waals surface area (Å²) in [7, 11) is 1.58. The van der Waals surface area contributed by atoms with Gasteiger partial charge in [-0.1, -0.05) is 41.4 Å². The molecule has 0 amide bonds. The van der Waals surface area contributed by atoms with Crippen LogP contribution >= 0.6 is 23.2 Å². The predicted octanol–water partition coefficient (Wildman–Crippen LogP) is 4.70. The maximum Gasteiger partial charge on any atom is 0.148 e. The van der Waals surface area contributed by atoms with E-state index < -0.39 is 0 Å². The molecule has 0 fully saturated rings. The van der Waals surface area contributed by atoms with Crippen LogP contribution in [0.1, 0.15) is 0 Å². The van der Waals surface area contributed by atoms with Gasteiger partial charge in [0.05, 0.1) is 23.2 Å². The summed E-state index contributed by atoms with van der Waals surface area (Å²) in [5.41, 5.74) is 1.70. The van der Waals surface area contributed by atoms with Crippen LogP contribution in [-0.2, 0) is 0 Å². The van der Waals surface area contributed by atoms with E-state index in [-0.39, 0.29) is 0 Å². The second kappa shape index (κ2) is 4.30. The Labute approximate surface area is 114 Å². The number of nitrogens with zero attached hydrogens (tertiary/aromatic N) is 1. The second-order valence-corrected chi connectivity index (χ2v) is 4.74. The maximum absolute atomic E-state index is 6.14. The average Bonchev–Trinajstić information content (AvgIpc) is 2.38. The Balaban J connectivity index is 2.50. The third-order valence-corrected chi connectivity index (χ3v) is 3.64. The van der Waals surface area contributed by atoms with E-state index in [1.54, 1.807) is 13.2 Å². The number of benzene rings is 2. The molecule has 0 bridgehead atoms. The lowest BCUT2D eigenvalue weighted by Crippen LogP contribution is -1.90. The molecule has 18 heavy (non-hydrogen) atoms. The van der Waals surface area contributed by atoms with Crippen molar-refractivity contribution in [2.24, 2.45) is 0 Å². The largest absolute Gasteiger partial charge is 0.494 e.